The van der Waals surface area contributed by atoms with Crippen LogP contribution in [0.5, 0.6) is 0 Å². The number of rotatable bonds is 4. The molecule has 0 aliphatic carbocycles. The van der Waals surface area contributed by atoms with Gasteiger partial charge >= 0.3 is 5.97 Å². The largest absolute Gasteiger partial charge is 0.481 e. The Kier molecular flexibility index (Phi) is 4.03. The molecule has 1 aromatic carbocycles. The fourth-order valence-electron chi connectivity index (χ4n) is 1.14. The van der Waals surface area contributed by atoms with Crippen LogP contribution in [0.4, 0.5) is 8.78 Å². The topological polar surface area (TPSA) is 37.3 Å². The van der Waals surface area contributed by atoms with Gasteiger partial charge in [0.2, 0.25) is 0 Å². The Labute approximate surface area is 90.5 Å². The lowest BCUT2D eigenvalue weighted by molar-refractivity contribution is -0.136. The second kappa shape index (κ2) is 5.07. The number of carboxylic acid groups (broad SMARTS) is 1. The standard InChI is InChI=1S/C10H9ClF2O2/c11-8-5-7(10(12)13)2-1-6(8)3-4-9(14)15/h1-2,5,10H,3-4H2,(H,14,15). The lowest BCUT2D eigenvalue weighted by Crippen LogP contribution is -1.98. The normalized spacial score (nSPS) is 10.7. The maximum absolute atomic E-state index is 12.2. The van der Waals surface area contributed by atoms with Crippen molar-refractivity contribution in [3.05, 3.63) is 34.3 Å². The van der Waals surface area contributed by atoms with Crippen molar-refractivity contribution in [1.82, 2.24) is 0 Å². The van der Waals surface area contributed by atoms with E-state index in [0.29, 0.717) is 5.56 Å². The Morgan fingerprint density at radius 1 is 1.47 bits per heavy atom. The van der Waals surface area contributed by atoms with Crippen LogP contribution in [-0.4, -0.2) is 11.1 Å². The fraction of sp³-hybridized carbons (Fsp3) is 0.300. The summed E-state index contributed by atoms with van der Waals surface area (Å²) in [5.74, 6) is -0.941. The molecule has 82 valence electrons. The van der Waals surface area contributed by atoms with Crippen molar-refractivity contribution in [3.8, 4) is 0 Å². The van der Waals surface area contributed by atoms with Gasteiger partial charge in [-0.25, -0.2) is 8.78 Å². The summed E-state index contributed by atoms with van der Waals surface area (Å²) >= 11 is 5.73. The number of halogens is 3. The van der Waals surface area contributed by atoms with E-state index in [-0.39, 0.29) is 23.4 Å². The van der Waals surface area contributed by atoms with Gasteiger partial charge < -0.3 is 5.11 Å². The Bertz CT molecular complexity index is 366. The van der Waals surface area contributed by atoms with Gasteiger partial charge in [-0.3, -0.25) is 4.79 Å². The first-order chi connectivity index (χ1) is 7.00. The van der Waals surface area contributed by atoms with Crippen molar-refractivity contribution in [2.45, 2.75) is 19.3 Å². The molecule has 5 heteroatoms. The van der Waals surface area contributed by atoms with E-state index in [0.717, 1.165) is 0 Å². The summed E-state index contributed by atoms with van der Waals surface area (Å²) in [4.78, 5) is 10.3. The molecular formula is C10H9ClF2O2. The van der Waals surface area contributed by atoms with Gasteiger partial charge in [0, 0.05) is 17.0 Å². The minimum absolute atomic E-state index is 0.0618. The molecule has 0 saturated heterocycles. The van der Waals surface area contributed by atoms with Gasteiger partial charge in [-0.05, 0) is 18.1 Å². The zero-order valence-corrected chi connectivity index (χ0v) is 8.47. The molecule has 2 nitrogen and oxygen atoms in total. The Morgan fingerprint density at radius 2 is 2.13 bits per heavy atom. The third-order valence-electron chi connectivity index (χ3n) is 1.94. The molecule has 0 aliphatic heterocycles. The van der Waals surface area contributed by atoms with E-state index < -0.39 is 12.4 Å². The highest BCUT2D eigenvalue weighted by Gasteiger charge is 2.10. The van der Waals surface area contributed by atoms with E-state index in [4.69, 9.17) is 16.7 Å². The monoisotopic (exact) mass is 234 g/mol. The van der Waals surface area contributed by atoms with Gasteiger partial charge in [0.05, 0.1) is 0 Å². The molecule has 0 saturated carbocycles. The highest BCUT2D eigenvalue weighted by atomic mass is 35.5. The molecule has 0 unspecified atom stereocenters. The van der Waals surface area contributed by atoms with Crippen molar-refractivity contribution in [3.63, 3.8) is 0 Å². The summed E-state index contributed by atoms with van der Waals surface area (Å²) in [5, 5.41) is 8.63. The number of benzene rings is 1. The zero-order chi connectivity index (χ0) is 11.4. The Morgan fingerprint density at radius 3 is 2.60 bits per heavy atom. The Hall–Kier alpha value is -1.16. The molecule has 1 aromatic rings. The van der Waals surface area contributed by atoms with E-state index in [1.807, 2.05) is 0 Å². The van der Waals surface area contributed by atoms with E-state index in [1.54, 1.807) is 0 Å². The molecule has 0 heterocycles. The minimum atomic E-state index is -2.56. The molecule has 0 atom stereocenters. The minimum Gasteiger partial charge on any atom is -0.481 e. The average molecular weight is 235 g/mol. The second-order valence-corrected chi connectivity index (χ2v) is 3.45. The summed E-state index contributed by atoms with van der Waals surface area (Å²) in [7, 11) is 0. The SMILES string of the molecule is O=C(O)CCc1ccc(C(F)F)cc1Cl. The first kappa shape index (κ1) is 11.9. The molecule has 0 aromatic heterocycles. The molecule has 0 amide bonds. The van der Waals surface area contributed by atoms with E-state index >= 15 is 0 Å². The van der Waals surface area contributed by atoms with Gasteiger partial charge in [0.15, 0.2) is 0 Å². The second-order valence-electron chi connectivity index (χ2n) is 3.05. The molecular weight excluding hydrogens is 226 g/mol. The van der Waals surface area contributed by atoms with Crippen LogP contribution < -0.4 is 0 Å². The molecule has 0 radical (unpaired) electrons. The van der Waals surface area contributed by atoms with Crippen LogP contribution in [0.25, 0.3) is 0 Å². The lowest BCUT2D eigenvalue weighted by Gasteiger charge is -2.05. The molecule has 1 rings (SSSR count). The number of aryl methyl sites for hydroxylation is 1. The molecule has 1 N–H and O–H groups in total. The van der Waals surface area contributed by atoms with Crippen molar-refractivity contribution in [2.75, 3.05) is 0 Å². The predicted molar refractivity (Wildman–Crippen MR) is 52.4 cm³/mol. The zero-order valence-electron chi connectivity index (χ0n) is 7.71. The van der Waals surface area contributed by atoms with Crippen molar-refractivity contribution in [2.24, 2.45) is 0 Å². The third-order valence-corrected chi connectivity index (χ3v) is 2.29. The van der Waals surface area contributed by atoms with Crippen LogP contribution in [0.15, 0.2) is 18.2 Å². The maximum atomic E-state index is 12.2. The molecule has 0 fully saturated rings. The summed E-state index contributed by atoms with van der Waals surface area (Å²) in [6.07, 6.45) is -2.37. The van der Waals surface area contributed by atoms with E-state index in [1.165, 1.54) is 18.2 Å². The number of alkyl halides is 2. The third kappa shape index (κ3) is 3.47. The first-order valence-corrected chi connectivity index (χ1v) is 4.66. The van der Waals surface area contributed by atoms with Gasteiger partial charge in [-0.2, -0.15) is 0 Å². The van der Waals surface area contributed by atoms with Crippen LogP contribution in [0, 0.1) is 0 Å². The van der Waals surface area contributed by atoms with Crippen LogP contribution in [-0.2, 0) is 11.2 Å². The highest BCUT2D eigenvalue weighted by molar-refractivity contribution is 6.31. The van der Waals surface area contributed by atoms with Crippen LogP contribution >= 0.6 is 11.6 Å². The van der Waals surface area contributed by atoms with Crippen LogP contribution in [0.1, 0.15) is 24.0 Å². The van der Waals surface area contributed by atoms with E-state index in [2.05, 4.69) is 0 Å². The molecule has 0 aliphatic rings. The van der Waals surface area contributed by atoms with Crippen molar-refractivity contribution >= 4 is 17.6 Å². The summed E-state index contributed by atoms with van der Waals surface area (Å²) < 4.78 is 24.5. The molecule has 0 bridgehead atoms. The lowest BCUT2D eigenvalue weighted by atomic mass is 10.1. The smallest absolute Gasteiger partial charge is 0.303 e. The van der Waals surface area contributed by atoms with Crippen molar-refractivity contribution < 1.29 is 18.7 Å². The fourth-order valence-corrected chi connectivity index (χ4v) is 1.43. The van der Waals surface area contributed by atoms with Crippen LogP contribution in [0.3, 0.4) is 0 Å². The highest BCUT2D eigenvalue weighted by Crippen LogP contribution is 2.25. The first-order valence-electron chi connectivity index (χ1n) is 4.29. The predicted octanol–water partition coefficient (Wildman–Crippen LogP) is 3.29. The molecule has 15 heavy (non-hydrogen) atoms. The molecule has 0 spiro atoms. The van der Waals surface area contributed by atoms with E-state index in [9.17, 15) is 13.6 Å². The van der Waals surface area contributed by atoms with Gasteiger partial charge in [0.1, 0.15) is 0 Å². The number of aliphatic carboxylic acids is 1. The number of carboxylic acids is 1. The average Bonchev–Trinajstić information content (AvgIpc) is 2.15. The Balaban J connectivity index is 2.79. The number of hydrogen-bond acceptors (Lipinski definition) is 1. The van der Waals surface area contributed by atoms with Gasteiger partial charge in [0.25, 0.3) is 6.43 Å². The summed E-state index contributed by atoms with van der Waals surface area (Å²) in [5.41, 5.74) is 0.419. The van der Waals surface area contributed by atoms with Gasteiger partial charge in [-0.15, -0.1) is 0 Å². The summed E-state index contributed by atoms with van der Waals surface area (Å²) in [6, 6.07) is 3.86. The maximum Gasteiger partial charge on any atom is 0.303 e. The quantitative estimate of drug-likeness (QED) is 0.868. The van der Waals surface area contributed by atoms with Crippen LogP contribution in [0.2, 0.25) is 5.02 Å². The summed E-state index contributed by atoms with van der Waals surface area (Å²) in [6.45, 7) is 0. The number of hydrogen-bond donors (Lipinski definition) is 1. The van der Waals surface area contributed by atoms with Gasteiger partial charge in [-0.1, -0.05) is 23.7 Å². The van der Waals surface area contributed by atoms with Crippen molar-refractivity contribution in [1.29, 1.82) is 0 Å². The number of carbonyl (C=O) groups is 1.